The van der Waals surface area contributed by atoms with Crippen molar-refractivity contribution in [1.29, 1.82) is 0 Å². The highest BCUT2D eigenvalue weighted by Crippen LogP contribution is 2.37. The predicted molar refractivity (Wildman–Crippen MR) is 86.0 cm³/mol. The van der Waals surface area contributed by atoms with Crippen LogP contribution < -0.4 is 11.1 Å². The van der Waals surface area contributed by atoms with Gasteiger partial charge in [-0.3, -0.25) is 0 Å². The van der Waals surface area contributed by atoms with Crippen molar-refractivity contribution in [3.05, 3.63) is 50.0 Å². The molecule has 0 fully saturated rings. The number of nitrogens with two attached hydrogens (primary N) is 1. The van der Waals surface area contributed by atoms with E-state index in [0.29, 0.717) is 17.1 Å². The molecule has 20 heavy (non-hydrogen) atoms. The van der Waals surface area contributed by atoms with Crippen LogP contribution in [-0.4, -0.2) is 0 Å². The van der Waals surface area contributed by atoms with Crippen molar-refractivity contribution in [2.75, 3.05) is 11.1 Å². The van der Waals surface area contributed by atoms with Gasteiger partial charge in [0.05, 0.1) is 11.3 Å². The second kappa shape index (κ2) is 5.80. The normalized spacial score (nSPS) is 11.4. The van der Waals surface area contributed by atoms with Gasteiger partial charge in [-0.25, -0.2) is 0 Å². The van der Waals surface area contributed by atoms with Crippen LogP contribution in [0.5, 0.6) is 0 Å². The third-order valence-electron chi connectivity index (χ3n) is 2.54. The number of nitrogens with one attached hydrogen (secondary N) is 1. The van der Waals surface area contributed by atoms with Crippen LogP contribution >= 0.6 is 38.5 Å². The highest BCUT2D eigenvalue weighted by atomic mass is 127. The van der Waals surface area contributed by atoms with Gasteiger partial charge in [0, 0.05) is 19.4 Å². The Bertz CT molecular complexity index is 644. The molecule has 2 aromatic rings. The first kappa shape index (κ1) is 15.4. The molecular weight excluding hydrogens is 448 g/mol. The molecule has 0 radical (unpaired) electrons. The van der Waals surface area contributed by atoms with E-state index in [0.717, 1.165) is 9.64 Å². The number of anilines is 3. The highest BCUT2D eigenvalue weighted by Gasteiger charge is 2.33. The molecule has 0 aliphatic rings. The minimum Gasteiger partial charge on any atom is -0.399 e. The lowest BCUT2D eigenvalue weighted by atomic mass is 10.2. The lowest BCUT2D eigenvalue weighted by Crippen LogP contribution is -2.06. The van der Waals surface area contributed by atoms with E-state index >= 15 is 0 Å². The quantitative estimate of drug-likeness (QED) is 0.469. The molecule has 0 bridgehead atoms. The molecule has 7 heteroatoms. The zero-order valence-electron chi connectivity index (χ0n) is 9.93. The van der Waals surface area contributed by atoms with Gasteiger partial charge in [-0.2, -0.15) is 13.2 Å². The van der Waals surface area contributed by atoms with Crippen LogP contribution in [0.25, 0.3) is 0 Å². The third kappa shape index (κ3) is 3.57. The highest BCUT2D eigenvalue weighted by molar-refractivity contribution is 14.1. The van der Waals surface area contributed by atoms with E-state index in [-0.39, 0.29) is 4.47 Å². The van der Waals surface area contributed by atoms with Crippen molar-refractivity contribution in [1.82, 2.24) is 0 Å². The van der Waals surface area contributed by atoms with E-state index in [4.69, 9.17) is 5.73 Å². The fourth-order valence-corrected chi connectivity index (χ4v) is 2.75. The summed E-state index contributed by atoms with van der Waals surface area (Å²) in [4.78, 5) is 0. The third-order valence-corrected chi connectivity index (χ3v) is 4.13. The van der Waals surface area contributed by atoms with Crippen LogP contribution in [0.3, 0.4) is 0 Å². The maximum atomic E-state index is 12.8. The fraction of sp³-hybridized carbons (Fsp3) is 0.0769. The number of hydrogen-bond donors (Lipinski definition) is 2. The van der Waals surface area contributed by atoms with Gasteiger partial charge in [0.2, 0.25) is 0 Å². The van der Waals surface area contributed by atoms with Crippen molar-refractivity contribution in [3.8, 4) is 0 Å². The average Bonchev–Trinajstić information content (AvgIpc) is 2.33. The van der Waals surface area contributed by atoms with Crippen LogP contribution in [0.2, 0.25) is 0 Å². The van der Waals surface area contributed by atoms with Crippen molar-refractivity contribution in [2.45, 2.75) is 6.18 Å². The van der Waals surface area contributed by atoms with Crippen molar-refractivity contribution in [3.63, 3.8) is 0 Å². The molecule has 106 valence electrons. The van der Waals surface area contributed by atoms with Gasteiger partial charge in [0.25, 0.3) is 0 Å². The Morgan fingerprint density at radius 2 is 1.80 bits per heavy atom. The van der Waals surface area contributed by atoms with Crippen molar-refractivity contribution >= 4 is 55.6 Å². The van der Waals surface area contributed by atoms with E-state index < -0.39 is 11.7 Å². The minimum absolute atomic E-state index is 0.0163. The maximum absolute atomic E-state index is 12.8. The zero-order valence-corrected chi connectivity index (χ0v) is 13.7. The summed E-state index contributed by atoms with van der Waals surface area (Å²) in [5, 5.41) is 2.96. The number of hydrogen-bond acceptors (Lipinski definition) is 2. The molecule has 0 amide bonds. The summed E-state index contributed by atoms with van der Waals surface area (Å²) in [6, 6.07) is 9.17. The second-order valence-electron chi connectivity index (χ2n) is 4.06. The molecule has 2 aromatic carbocycles. The first-order valence-corrected chi connectivity index (χ1v) is 7.33. The Hall–Kier alpha value is -0.960. The molecule has 0 saturated heterocycles. The average molecular weight is 457 g/mol. The molecule has 0 unspecified atom stereocenters. The summed E-state index contributed by atoms with van der Waals surface area (Å²) in [5.41, 5.74) is 6.59. The molecule has 0 aromatic heterocycles. The van der Waals surface area contributed by atoms with Gasteiger partial charge in [-0.1, -0.05) is 15.9 Å². The largest absolute Gasteiger partial charge is 0.417 e. The second-order valence-corrected chi connectivity index (χ2v) is 6.07. The van der Waals surface area contributed by atoms with E-state index in [1.807, 2.05) is 0 Å². The standard InChI is InChI=1S/C13H9BrF3IN2/c14-10-3-2-8(6-9(10)13(15,16)17)20-12-4-1-7(19)5-11(12)18/h1-6,20H,19H2. The number of nitrogen functional groups attached to an aromatic ring is 1. The van der Waals surface area contributed by atoms with E-state index in [2.05, 4.69) is 43.8 Å². The smallest absolute Gasteiger partial charge is 0.399 e. The van der Waals surface area contributed by atoms with Crippen LogP contribution in [0.4, 0.5) is 30.2 Å². The van der Waals surface area contributed by atoms with Crippen LogP contribution in [0.1, 0.15) is 5.56 Å². The summed E-state index contributed by atoms with van der Waals surface area (Å²) in [7, 11) is 0. The van der Waals surface area contributed by atoms with Gasteiger partial charge in [-0.15, -0.1) is 0 Å². The maximum Gasteiger partial charge on any atom is 0.417 e. The topological polar surface area (TPSA) is 38.0 Å². The summed E-state index contributed by atoms with van der Waals surface area (Å²) in [6.07, 6.45) is -4.40. The summed E-state index contributed by atoms with van der Waals surface area (Å²) in [5.74, 6) is 0. The Morgan fingerprint density at radius 1 is 1.10 bits per heavy atom. The van der Waals surface area contributed by atoms with Gasteiger partial charge >= 0.3 is 6.18 Å². The Labute approximate surface area is 135 Å². The predicted octanol–water partition coefficient (Wildman–Crippen LogP) is 5.40. The fourth-order valence-electron chi connectivity index (χ4n) is 1.61. The van der Waals surface area contributed by atoms with Crippen molar-refractivity contribution < 1.29 is 13.2 Å². The minimum atomic E-state index is -4.40. The van der Waals surface area contributed by atoms with Crippen LogP contribution in [0.15, 0.2) is 40.9 Å². The molecule has 3 N–H and O–H groups in total. The Balaban J connectivity index is 2.35. The molecule has 2 nitrogen and oxygen atoms in total. The number of halogens is 5. The van der Waals surface area contributed by atoms with Gasteiger partial charge in [-0.05, 0) is 59.0 Å². The number of alkyl halides is 3. The molecule has 0 spiro atoms. The monoisotopic (exact) mass is 456 g/mol. The first-order valence-electron chi connectivity index (χ1n) is 5.46. The van der Waals surface area contributed by atoms with Crippen LogP contribution in [-0.2, 0) is 6.18 Å². The first-order chi connectivity index (χ1) is 9.27. The van der Waals surface area contributed by atoms with Gasteiger partial charge in [0.15, 0.2) is 0 Å². The zero-order chi connectivity index (χ0) is 14.9. The number of rotatable bonds is 2. The summed E-state index contributed by atoms with van der Waals surface area (Å²) >= 11 is 4.98. The SMILES string of the molecule is Nc1ccc(Nc2ccc(Br)c(C(F)(F)F)c2)c(I)c1. The molecule has 2 rings (SSSR count). The van der Waals surface area contributed by atoms with Crippen molar-refractivity contribution in [2.24, 2.45) is 0 Å². The summed E-state index contributed by atoms with van der Waals surface area (Å²) < 4.78 is 39.3. The summed E-state index contributed by atoms with van der Waals surface area (Å²) in [6.45, 7) is 0. The molecule has 0 aliphatic heterocycles. The lowest BCUT2D eigenvalue weighted by Gasteiger charge is -2.13. The van der Waals surface area contributed by atoms with E-state index in [1.54, 1.807) is 24.3 Å². The molecular formula is C13H9BrF3IN2. The molecule has 0 atom stereocenters. The van der Waals surface area contributed by atoms with Crippen LogP contribution in [0, 0.1) is 3.57 Å². The Morgan fingerprint density at radius 3 is 2.40 bits per heavy atom. The molecule has 0 aliphatic carbocycles. The number of benzene rings is 2. The molecule has 0 saturated carbocycles. The van der Waals surface area contributed by atoms with E-state index in [1.165, 1.54) is 6.07 Å². The Kier molecular flexibility index (Phi) is 4.48. The molecule has 0 heterocycles. The van der Waals surface area contributed by atoms with Gasteiger partial charge < -0.3 is 11.1 Å². The van der Waals surface area contributed by atoms with Gasteiger partial charge in [0.1, 0.15) is 0 Å². The lowest BCUT2D eigenvalue weighted by molar-refractivity contribution is -0.138. The van der Waals surface area contributed by atoms with E-state index in [9.17, 15) is 13.2 Å².